The first-order chi connectivity index (χ1) is 8.17. The Kier molecular flexibility index (Phi) is 3.50. The molecule has 3 N–H and O–H groups in total. The van der Waals surface area contributed by atoms with Gasteiger partial charge in [0.25, 0.3) is 0 Å². The number of hydrogen-bond acceptors (Lipinski definition) is 5. The third-order valence-corrected chi connectivity index (χ3v) is 2.80. The molecular weight excluding hydrogens is 248 g/mol. The van der Waals surface area contributed by atoms with Gasteiger partial charge in [-0.25, -0.2) is 19.6 Å². The van der Waals surface area contributed by atoms with Crippen LogP contribution in [0, 0.1) is 11.6 Å². The fraction of sp³-hybridized carbons (Fsp3) is 0.100. The van der Waals surface area contributed by atoms with Gasteiger partial charge in [-0.15, -0.1) is 0 Å². The first kappa shape index (κ1) is 11.7. The summed E-state index contributed by atoms with van der Waals surface area (Å²) in [5.74, 6) is 3.96. The summed E-state index contributed by atoms with van der Waals surface area (Å²) in [6.45, 7) is 0.183. The maximum atomic E-state index is 12.9. The smallest absolute Gasteiger partial charge is 0.197 e. The molecule has 90 valence electrons. The van der Waals surface area contributed by atoms with Gasteiger partial charge in [0.1, 0.15) is 24.0 Å². The topological polar surface area (TPSA) is 60.2 Å². The fourth-order valence-electron chi connectivity index (χ4n) is 1.21. The molecule has 0 atom stereocenters. The zero-order valence-corrected chi connectivity index (χ0v) is 9.43. The van der Waals surface area contributed by atoms with Gasteiger partial charge >= 0.3 is 0 Å². The van der Waals surface area contributed by atoms with Crippen molar-refractivity contribution in [2.24, 2.45) is 5.84 Å². The van der Waals surface area contributed by atoms with E-state index in [1.54, 1.807) is 6.20 Å². The zero-order valence-electron chi connectivity index (χ0n) is 8.61. The number of thiazole rings is 1. The predicted octanol–water partition coefficient (Wildman–Crippen LogP) is 2.29. The number of nitrogen functional groups attached to an aromatic ring is 1. The van der Waals surface area contributed by atoms with Crippen LogP contribution in [0.1, 0.15) is 4.88 Å². The summed E-state index contributed by atoms with van der Waals surface area (Å²) in [7, 11) is 0. The summed E-state index contributed by atoms with van der Waals surface area (Å²) in [6, 6.07) is 3.02. The Hall–Kier alpha value is -1.73. The van der Waals surface area contributed by atoms with Crippen molar-refractivity contribution >= 4 is 16.5 Å². The van der Waals surface area contributed by atoms with Crippen LogP contribution in [0.3, 0.4) is 0 Å². The van der Waals surface area contributed by atoms with Crippen molar-refractivity contribution in [2.45, 2.75) is 6.61 Å². The van der Waals surface area contributed by atoms with Crippen LogP contribution in [-0.2, 0) is 6.61 Å². The third kappa shape index (κ3) is 3.11. The molecule has 7 heteroatoms. The maximum absolute atomic E-state index is 12.9. The predicted molar refractivity (Wildman–Crippen MR) is 60.6 cm³/mol. The summed E-state index contributed by atoms with van der Waals surface area (Å²) in [5.41, 5.74) is 2.40. The van der Waals surface area contributed by atoms with Gasteiger partial charge in [-0.05, 0) is 0 Å². The minimum atomic E-state index is -0.673. The van der Waals surface area contributed by atoms with Crippen molar-refractivity contribution in [1.29, 1.82) is 0 Å². The molecule has 0 saturated carbocycles. The van der Waals surface area contributed by atoms with Gasteiger partial charge in [0, 0.05) is 24.4 Å². The molecule has 0 saturated heterocycles. The minimum Gasteiger partial charge on any atom is -0.488 e. The van der Waals surface area contributed by atoms with E-state index in [-0.39, 0.29) is 12.4 Å². The lowest BCUT2D eigenvalue weighted by molar-refractivity contribution is 0.306. The van der Waals surface area contributed by atoms with Crippen LogP contribution in [0.25, 0.3) is 0 Å². The maximum Gasteiger partial charge on any atom is 0.197 e. The standard InChI is InChI=1S/C10H9F2N3OS/c11-6-1-7(12)3-8(2-6)16-5-9-4-14-10(15-13)17-9/h1-4H,5,13H2,(H,14,15). The Morgan fingerprint density at radius 2 is 2.00 bits per heavy atom. The molecular formula is C10H9F2N3OS. The van der Waals surface area contributed by atoms with Gasteiger partial charge in [-0.1, -0.05) is 11.3 Å². The van der Waals surface area contributed by atoms with E-state index in [1.165, 1.54) is 11.3 Å². The molecule has 0 spiro atoms. The number of ether oxygens (including phenoxy) is 1. The van der Waals surface area contributed by atoms with E-state index in [1.807, 2.05) is 0 Å². The molecule has 17 heavy (non-hydrogen) atoms. The molecule has 2 aromatic rings. The summed E-state index contributed by atoms with van der Waals surface area (Å²) in [5, 5.41) is 0.550. The Morgan fingerprint density at radius 3 is 2.59 bits per heavy atom. The van der Waals surface area contributed by atoms with Gasteiger partial charge in [-0.2, -0.15) is 0 Å². The van der Waals surface area contributed by atoms with E-state index in [0.717, 1.165) is 23.1 Å². The number of anilines is 1. The van der Waals surface area contributed by atoms with E-state index < -0.39 is 11.6 Å². The summed E-state index contributed by atoms with van der Waals surface area (Å²) < 4.78 is 30.9. The van der Waals surface area contributed by atoms with Gasteiger partial charge in [-0.3, -0.25) is 5.43 Å². The lowest BCUT2D eigenvalue weighted by Crippen LogP contribution is -2.05. The largest absolute Gasteiger partial charge is 0.488 e. The van der Waals surface area contributed by atoms with Crippen LogP contribution < -0.4 is 16.0 Å². The highest BCUT2D eigenvalue weighted by molar-refractivity contribution is 7.15. The molecule has 0 unspecified atom stereocenters. The Bertz CT molecular complexity index is 498. The van der Waals surface area contributed by atoms with Crippen molar-refractivity contribution in [3.05, 3.63) is 40.9 Å². The number of nitrogens with two attached hydrogens (primary N) is 1. The lowest BCUT2D eigenvalue weighted by Gasteiger charge is -2.04. The highest BCUT2D eigenvalue weighted by Crippen LogP contribution is 2.20. The Labute approximate surface area is 100 Å². The second-order valence-corrected chi connectivity index (χ2v) is 4.29. The molecule has 0 aliphatic heterocycles. The second kappa shape index (κ2) is 5.07. The van der Waals surface area contributed by atoms with Crippen molar-refractivity contribution in [3.8, 4) is 5.75 Å². The van der Waals surface area contributed by atoms with Crippen LogP contribution in [0.5, 0.6) is 5.75 Å². The monoisotopic (exact) mass is 257 g/mol. The van der Waals surface area contributed by atoms with E-state index >= 15 is 0 Å². The summed E-state index contributed by atoms with van der Waals surface area (Å²) in [4.78, 5) is 4.73. The van der Waals surface area contributed by atoms with Crippen molar-refractivity contribution in [2.75, 3.05) is 5.43 Å². The fourth-order valence-corrected chi connectivity index (χ4v) is 1.84. The quantitative estimate of drug-likeness (QED) is 0.651. The molecule has 0 aliphatic carbocycles. The summed E-state index contributed by atoms with van der Waals surface area (Å²) in [6.07, 6.45) is 1.58. The first-order valence-electron chi connectivity index (χ1n) is 4.67. The molecule has 0 aliphatic rings. The number of hydrazine groups is 1. The van der Waals surface area contributed by atoms with Gasteiger partial charge < -0.3 is 4.74 Å². The van der Waals surface area contributed by atoms with E-state index in [0.29, 0.717) is 5.13 Å². The molecule has 1 aromatic carbocycles. The molecule has 2 rings (SSSR count). The van der Waals surface area contributed by atoms with Crippen molar-refractivity contribution in [1.82, 2.24) is 4.98 Å². The molecule has 0 bridgehead atoms. The summed E-state index contributed by atoms with van der Waals surface area (Å²) >= 11 is 1.30. The van der Waals surface area contributed by atoms with Gasteiger partial charge in [0.15, 0.2) is 5.13 Å². The highest BCUT2D eigenvalue weighted by Gasteiger charge is 2.04. The van der Waals surface area contributed by atoms with E-state index in [2.05, 4.69) is 10.4 Å². The average Bonchev–Trinajstić information content (AvgIpc) is 2.73. The van der Waals surface area contributed by atoms with Crippen LogP contribution in [0.2, 0.25) is 0 Å². The van der Waals surface area contributed by atoms with Gasteiger partial charge in [0.05, 0.1) is 4.88 Å². The number of halogens is 2. The highest BCUT2D eigenvalue weighted by atomic mass is 32.1. The minimum absolute atomic E-state index is 0.137. The zero-order chi connectivity index (χ0) is 12.3. The number of hydrogen-bond donors (Lipinski definition) is 2. The molecule has 0 fully saturated rings. The Balaban J connectivity index is 2.01. The molecule has 1 heterocycles. The van der Waals surface area contributed by atoms with Crippen molar-refractivity contribution < 1.29 is 13.5 Å². The third-order valence-electron chi connectivity index (χ3n) is 1.89. The van der Waals surface area contributed by atoms with Crippen LogP contribution >= 0.6 is 11.3 Å². The lowest BCUT2D eigenvalue weighted by atomic mass is 10.3. The van der Waals surface area contributed by atoms with Crippen LogP contribution in [-0.4, -0.2) is 4.98 Å². The normalized spacial score (nSPS) is 10.3. The number of nitrogens with one attached hydrogen (secondary N) is 1. The SMILES string of the molecule is NNc1ncc(COc2cc(F)cc(F)c2)s1. The number of nitrogens with zero attached hydrogens (tertiary/aromatic N) is 1. The number of benzene rings is 1. The molecule has 1 aromatic heterocycles. The molecule has 0 amide bonds. The average molecular weight is 257 g/mol. The van der Waals surface area contributed by atoms with E-state index in [4.69, 9.17) is 10.6 Å². The Morgan fingerprint density at radius 1 is 1.29 bits per heavy atom. The van der Waals surface area contributed by atoms with Crippen LogP contribution in [0.15, 0.2) is 24.4 Å². The van der Waals surface area contributed by atoms with Crippen molar-refractivity contribution in [3.63, 3.8) is 0 Å². The van der Waals surface area contributed by atoms with E-state index in [9.17, 15) is 8.78 Å². The van der Waals surface area contributed by atoms with Crippen LogP contribution in [0.4, 0.5) is 13.9 Å². The second-order valence-electron chi connectivity index (χ2n) is 3.17. The van der Waals surface area contributed by atoms with Gasteiger partial charge in [0.2, 0.25) is 0 Å². The first-order valence-corrected chi connectivity index (χ1v) is 5.49. The molecule has 0 radical (unpaired) electrons. The molecule has 4 nitrogen and oxygen atoms in total. The number of rotatable bonds is 4. The number of aromatic nitrogens is 1.